The van der Waals surface area contributed by atoms with Crippen molar-refractivity contribution in [3.8, 4) is 0 Å². The van der Waals surface area contributed by atoms with E-state index < -0.39 is 16.0 Å². The third kappa shape index (κ3) is 3.22. The number of aromatic carboxylic acids is 1. The Morgan fingerprint density at radius 2 is 2.14 bits per heavy atom. The molecule has 2 rings (SSSR count). The lowest BCUT2D eigenvalue weighted by Crippen LogP contribution is -2.16. The number of nitrogens with one attached hydrogen (secondary N) is 1. The molecule has 7 nitrogen and oxygen atoms in total. The Balaban J connectivity index is 2.39. The molecule has 0 aliphatic heterocycles. The van der Waals surface area contributed by atoms with E-state index >= 15 is 0 Å². The lowest BCUT2D eigenvalue weighted by molar-refractivity contribution is 0.0698. The fourth-order valence-corrected chi connectivity index (χ4v) is 2.80. The number of rotatable bonds is 5. The number of hydrogen-bond acceptors (Lipinski definition) is 4. The van der Waals surface area contributed by atoms with Gasteiger partial charge in [-0.15, -0.1) is 0 Å². The molecule has 8 heteroatoms. The molecule has 0 spiro atoms. The molecule has 0 saturated heterocycles. The molecule has 1 heterocycles. The van der Waals surface area contributed by atoms with Gasteiger partial charge in [0.1, 0.15) is 0 Å². The number of carboxylic acids is 1. The summed E-state index contributed by atoms with van der Waals surface area (Å²) < 4.78 is 28.3. The molecule has 112 valence electrons. The molecule has 1 aromatic carbocycles. The van der Waals surface area contributed by atoms with E-state index in [0.717, 1.165) is 5.56 Å². The Hall–Kier alpha value is -2.35. The molecular weight excluding hydrogens is 294 g/mol. The van der Waals surface area contributed by atoms with Crippen molar-refractivity contribution >= 4 is 21.7 Å². The number of imidazole rings is 1. The molecule has 0 unspecified atom stereocenters. The molecule has 21 heavy (non-hydrogen) atoms. The summed E-state index contributed by atoms with van der Waals surface area (Å²) in [7, 11) is -3.92. The summed E-state index contributed by atoms with van der Waals surface area (Å²) in [5, 5.41) is 8.99. The van der Waals surface area contributed by atoms with Crippen LogP contribution in [0.3, 0.4) is 0 Å². The predicted octanol–water partition coefficient (Wildman–Crippen LogP) is 1.71. The van der Waals surface area contributed by atoms with Gasteiger partial charge in [0.2, 0.25) is 0 Å². The van der Waals surface area contributed by atoms with Crippen molar-refractivity contribution in [3.05, 3.63) is 41.9 Å². The van der Waals surface area contributed by atoms with E-state index in [9.17, 15) is 13.2 Å². The number of benzene rings is 1. The first-order valence-electron chi connectivity index (χ1n) is 6.22. The van der Waals surface area contributed by atoms with Crippen LogP contribution in [0.25, 0.3) is 0 Å². The normalized spacial score (nSPS) is 11.3. The summed E-state index contributed by atoms with van der Waals surface area (Å²) in [5.41, 5.74) is 0.637. The van der Waals surface area contributed by atoms with E-state index in [2.05, 4.69) is 9.71 Å². The monoisotopic (exact) mass is 309 g/mol. The zero-order chi connectivity index (χ0) is 15.6. The van der Waals surface area contributed by atoms with Gasteiger partial charge < -0.3 is 9.67 Å². The predicted molar refractivity (Wildman–Crippen MR) is 76.8 cm³/mol. The van der Waals surface area contributed by atoms with E-state index in [1.807, 2.05) is 6.92 Å². The number of nitrogens with zero attached hydrogens (tertiary/aromatic N) is 2. The molecule has 0 aliphatic carbocycles. The van der Waals surface area contributed by atoms with Crippen LogP contribution >= 0.6 is 0 Å². The average Bonchev–Trinajstić information content (AvgIpc) is 2.90. The van der Waals surface area contributed by atoms with Crippen LogP contribution in [0.4, 0.5) is 5.69 Å². The van der Waals surface area contributed by atoms with Crippen molar-refractivity contribution in [1.29, 1.82) is 0 Å². The second-order valence-corrected chi connectivity index (χ2v) is 6.13. The fraction of sp³-hybridized carbons (Fsp3) is 0.231. The molecule has 0 bridgehead atoms. The topological polar surface area (TPSA) is 101 Å². The summed E-state index contributed by atoms with van der Waals surface area (Å²) in [6.07, 6.45) is 2.79. The maximum atomic E-state index is 12.2. The molecule has 0 atom stereocenters. The van der Waals surface area contributed by atoms with E-state index in [4.69, 9.17) is 5.11 Å². The molecule has 2 aromatic rings. The zero-order valence-electron chi connectivity index (χ0n) is 11.6. The van der Waals surface area contributed by atoms with Crippen LogP contribution < -0.4 is 4.72 Å². The maximum absolute atomic E-state index is 12.2. The minimum Gasteiger partial charge on any atom is -0.478 e. The quantitative estimate of drug-likeness (QED) is 0.875. The van der Waals surface area contributed by atoms with Crippen molar-refractivity contribution < 1.29 is 18.3 Å². The molecule has 0 saturated carbocycles. The Labute approximate surface area is 122 Å². The molecule has 2 N–H and O–H groups in total. The Bertz CT molecular complexity index is 780. The minimum absolute atomic E-state index is 0.0131. The Kier molecular flexibility index (Phi) is 3.99. The van der Waals surface area contributed by atoms with Gasteiger partial charge in [-0.05, 0) is 26.0 Å². The molecule has 1 aromatic heterocycles. The minimum atomic E-state index is -3.92. The summed E-state index contributed by atoms with van der Waals surface area (Å²) in [5.74, 6) is -1.20. The summed E-state index contributed by atoms with van der Waals surface area (Å²) in [6.45, 7) is 4.18. The second-order valence-electron chi connectivity index (χ2n) is 4.50. The highest BCUT2D eigenvalue weighted by Gasteiger charge is 2.20. The number of carbonyl (C=O) groups is 1. The van der Waals surface area contributed by atoms with Crippen LogP contribution in [0, 0.1) is 6.92 Å². The fourth-order valence-electron chi connectivity index (χ4n) is 1.77. The standard InChI is InChI=1S/C13H15N3O4S/c1-3-16-7-12(14-8-16)21(19,20)15-11-5-4-9(2)6-10(11)13(17)18/h4-8,15H,3H2,1-2H3,(H,17,18). The highest BCUT2D eigenvalue weighted by Crippen LogP contribution is 2.21. The largest absolute Gasteiger partial charge is 0.478 e. The first-order chi connectivity index (χ1) is 9.83. The number of aryl methyl sites for hydroxylation is 2. The molecule has 0 amide bonds. The van der Waals surface area contributed by atoms with Crippen molar-refractivity contribution in [2.24, 2.45) is 0 Å². The van der Waals surface area contributed by atoms with Gasteiger partial charge in [0, 0.05) is 12.7 Å². The van der Waals surface area contributed by atoms with Gasteiger partial charge in [-0.25, -0.2) is 9.78 Å². The van der Waals surface area contributed by atoms with Crippen LogP contribution in [-0.4, -0.2) is 29.0 Å². The van der Waals surface area contributed by atoms with Crippen LogP contribution in [0.5, 0.6) is 0 Å². The van der Waals surface area contributed by atoms with Crippen molar-refractivity contribution in [3.63, 3.8) is 0 Å². The second kappa shape index (κ2) is 5.57. The number of hydrogen-bond donors (Lipinski definition) is 2. The van der Waals surface area contributed by atoms with Crippen LogP contribution in [-0.2, 0) is 16.6 Å². The Morgan fingerprint density at radius 1 is 1.43 bits per heavy atom. The molecule has 0 radical (unpaired) electrons. The van der Waals surface area contributed by atoms with Gasteiger partial charge in [0.05, 0.1) is 17.6 Å². The maximum Gasteiger partial charge on any atom is 0.337 e. The average molecular weight is 309 g/mol. The van der Waals surface area contributed by atoms with Gasteiger partial charge in [-0.1, -0.05) is 11.6 Å². The third-order valence-electron chi connectivity index (χ3n) is 2.90. The summed E-state index contributed by atoms with van der Waals surface area (Å²) in [6, 6.07) is 4.47. The smallest absolute Gasteiger partial charge is 0.337 e. The van der Waals surface area contributed by atoms with E-state index in [1.165, 1.54) is 24.7 Å². The number of sulfonamides is 1. The van der Waals surface area contributed by atoms with Crippen LogP contribution in [0.15, 0.2) is 35.7 Å². The number of aromatic nitrogens is 2. The summed E-state index contributed by atoms with van der Waals surface area (Å²) >= 11 is 0. The van der Waals surface area contributed by atoms with E-state index in [1.54, 1.807) is 17.6 Å². The van der Waals surface area contributed by atoms with Crippen LogP contribution in [0.1, 0.15) is 22.8 Å². The van der Waals surface area contributed by atoms with Crippen molar-refractivity contribution in [2.45, 2.75) is 25.4 Å². The number of carboxylic acid groups (broad SMARTS) is 1. The highest BCUT2D eigenvalue weighted by atomic mass is 32.2. The number of anilines is 1. The van der Waals surface area contributed by atoms with Gasteiger partial charge in [-0.3, -0.25) is 4.72 Å². The van der Waals surface area contributed by atoms with E-state index in [0.29, 0.717) is 6.54 Å². The van der Waals surface area contributed by atoms with E-state index in [-0.39, 0.29) is 16.3 Å². The van der Waals surface area contributed by atoms with Gasteiger partial charge in [-0.2, -0.15) is 8.42 Å². The molecular formula is C13H15N3O4S. The first-order valence-corrected chi connectivity index (χ1v) is 7.70. The lowest BCUT2D eigenvalue weighted by atomic mass is 10.1. The molecule has 0 aliphatic rings. The Morgan fingerprint density at radius 3 is 2.71 bits per heavy atom. The zero-order valence-corrected chi connectivity index (χ0v) is 12.4. The molecule has 0 fully saturated rings. The van der Waals surface area contributed by atoms with Crippen molar-refractivity contribution in [1.82, 2.24) is 9.55 Å². The van der Waals surface area contributed by atoms with Gasteiger partial charge in [0.15, 0.2) is 5.03 Å². The lowest BCUT2D eigenvalue weighted by Gasteiger charge is -2.09. The van der Waals surface area contributed by atoms with Gasteiger partial charge >= 0.3 is 5.97 Å². The summed E-state index contributed by atoms with van der Waals surface area (Å²) in [4.78, 5) is 15.0. The third-order valence-corrected chi connectivity index (χ3v) is 4.15. The SMILES string of the molecule is CCn1cnc(S(=O)(=O)Nc2ccc(C)cc2C(=O)O)c1. The highest BCUT2D eigenvalue weighted by molar-refractivity contribution is 7.92. The first kappa shape index (κ1) is 15.0. The van der Waals surface area contributed by atoms with Crippen molar-refractivity contribution in [2.75, 3.05) is 4.72 Å². The van der Waals surface area contributed by atoms with Gasteiger partial charge in [0.25, 0.3) is 10.0 Å². The van der Waals surface area contributed by atoms with Crippen LogP contribution in [0.2, 0.25) is 0 Å².